The molecule has 1 saturated carbocycles. The average Bonchev–Trinajstić information content (AvgIpc) is 3.23. The first-order chi connectivity index (χ1) is 9.07. The number of aryl methyl sites for hydroxylation is 1. The average molecular weight is 260 g/mol. The van der Waals surface area contributed by atoms with Gasteiger partial charge in [-0.05, 0) is 36.5 Å². The summed E-state index contributed by atoms with van der Waals surface area (Å²) < 4.78 is 0. The molecule has 1 aromatic carbocycles. The monoisotopic (exact) mass is 260 g/mol. The molecule has 4 nitrogen and oxygen atoms in total. The third-order valence-corrected chi connectivity index (χ3v) is 4.67. The van der Waals surface area contributed by atoms with E-state index in [0.29, 0.717) is 6.42 Å². The van der Waals surface area contributed by atoms with Gasteiger partial charge in [-0.25, -0.2) is 0 Å². The maximum atomic E-state index is 11.7. The highest BCUT2D eigenvalue weighted by molar-refractivity contribution is 5.95. The highest BCUT2D eigenvalue weighted by Crippen LogP contribution is 2.53. The van der Waals surface area contributed by atoms with Crippen molar-refractivity contribution in [3.63, 3.8) is 0 Å². The molecular weight excluding hydrogens is 240 g/mol. The Morgan fingerprint density at radius 2 is 2.16 bits per heavy atom. The van der Waals surface area contributed by atoms with Crippen LogP contribution >= 0.6 is 0 Å². The number of amides is 1. The van der Waals surface area contributed by atoms with Gasteiger partial charge in [-0.15, -0.1) is 0 Å². The van der Waals surface area contributed by atoms with E-state index in [2.05, 4.69) is 6.07 Å². The summed E-state index contributed by atoms with van der Waals surface area (Å²) in [5, 5.41) is 9.47. The van der Waals surface area contributed by atoms with Gasteiger partial charge in [-0.1, -0.05) is 12.1 Å². The number of aliphatic hydroxyl groups excluding tert-OH is 1. The third kappa shape index (κ3) is 1.95. The molecule has 3 N–H and O–H groups in total. The van der Waals surface area contributed by atoms with Crippen LogP contribution in [0.25, 0.3) is 0 Å². The maximum Gasteiger partial charge on any atom is 0.227 e. The predicted octanol–water partition coefficient (Wildman–Crippen LogP) is 1.37. The number of aliphatic hydroxyl groups is 1. The topological polar surface area (TPSA) is 66.6 Å². The van der Waals surface area contributed by atoms with Crippen molar-refractivity contribution in [1.82, 2.24) is 0 Å². The van der Waals surface area contributed by atoms with Gasteiger partial charge in [0.1, 0.15) is 0 Å². The van der Waals surface area contributed by atoms with Crippen LogP contribution < -0.4 is 10.6 Å². The normalized spacial score (nSPS) is 22.1. The highest BCUT2D eigenvalue weighted by atomic mass is 16.3. The van der Waals surface area contributed by atoms with Crippen LogP contribution in [0.15, 0.2) is 18.2 Å². The zero-order valence-corrected chi connectivity index (χ0v) is 11.2. The Bertz CT molecular complexity index is 523. The van der Waals surface area contributed by atoms with Crippen molar-refractivity contribution in [2.24, 2.45) is 11.1 Å². The number of rotatable bonds is 3. The Morgan fingerprint density at radius 1 is 1.42 bits per heavy atom. The fourth-order valence-corrected chi connectivity index (χ4v) is 2.95. The van der Waals surface area contributed by atoms with Gasteiger partial charge in [0.05, 0.1) is 6.61 Å². The zero-order valence-electron chi connectivity index (χ0n) is 11.2. The number of nitrogens with zero attached hydrogens (tertiary/aromatic N) is 1. The van der Waals surface area contributed by atoms with Crippen LogP contribution in [-0.2, 0) is 11.2 Å². The predicted molar refractivity (Wildman–Crippen MR) is 73.9 cm³/mol. The Hall–Kier alpha value is -1.39. The lowest BCUT2D eigenvalue weighted by Gasteiger charge is -2.28. The molecule has 19 heavy (non-hydrogen) atoms. The first-order valence-electron chi connectivity index (χ1n) is 6.83. The van der Waals surface area contributed by atoms with Crippen LogP contribution in [0.2, 0.25) is 0 Å². The molecular formula is C15H20N2O2. The minimum atomic E-state index is -0.107. The highest BCUT2D eigenvalue weighted by Gasteiger charge is 2.48. The van der Waals surface area contributed by atoms with Gasteiger partial charge in [-0.2, -0.15) is 0 Å². The van der Waals surface area contributed by atoms with Crippen LogP contribution in [0.3, 0.4) is 0 Å². The van der Waals surface area contributed by atoms with E-state index in [1.54, 1.807) is 4.90 Å². The number of fused-ring (bicyclic) bond motifs is 1. The molecule has 0 spiro atoms. The fourth-order valence-electron chi connectivity index (χ4n) is 2.95. The van der Waals surface area contributed by atoms with Crippen molar-refractivity contribution in [2.45, 2.75) is 31.7 Å². The number of anilines is 1. The lowest BCUT2D eigenvalue weighted by atomic mass is 9.89. The Labute approximate surface area is 113 Å². The fraction of sp³-hybridized carbons (Fsp3) is 0.533. The van der Waals surface area contributed by atoms with Gasteiger partial charge in [-0.3, -0.25) is 4.79 Å². The molecule has 2 aliphatic rings. The minimum absolute atomic E-state index is 0.106. The maximum absolute atomic E-state index is 11.7. The SMILES string of the molecule is CN1C(=O)CCc2cc(C(N)C3(CO)CC3)ccc21. The van der Waals surface area contributed by atoms with Crippen LogP contribution in [0.4, 0.5) is 5.69 Å². The van der Waals surface area contributed by atoms with Crippen molar-refractivity contribution in [3.8, 4) is 0 Å². The van der Waals surface area contributed by atoms with Crippen molar-refractivity contribution < 1.29 is 9.90 Å². The van der Waals surface area contributed by atoms with Gasteiger partial charge in [0.2, 0.25) is 5.91 Å². The molecule has 1 unspecified atom stereocenters. The number of carbonyl (C=O) groups excluding carboxylic acids is 1. The summed E-state index contributed by atoms with van der Waals surface area (Å²) in [6, 6.07) is 5.98. The second kappa shape index (κ2) is 4.32. The van der Waals surface area contributed by atoms with E-state index in [-0.39, 0.29) is 24.0 Å². The number of hydrogen-bond acceptors (Lipinski definition) is 3. The number of nitrogens with two attached hydrogens (primary N) is 1. The van der Waals surface area contributed by atoms with E-state index in [1.165, 1.54) is 5.56 Å². The standard InChI is InChI=1S/C15H20N2O2/c1-17-12-4-2-11(8-10(12)3-5-13(17)19)14(16)15(9-18)6-7-15/h2,4,8,14,18H,3,5-7,9,16H2,1H3. The molecule has 102 valence electrons. The van der Waals surface area contributed by atoms with Crippen molar-refractivity contribution in [2.75, 3.05) is 18.6 Å². The van der Waals surface area contributed by atoms with Crippen LogP contribution in [0.1, 0.15) is 36.4 Å². The zero-order chi connectivity index (χ0) is 13.6. The molecule has 4 heteroatoms. The first-order valence-corrected chi connectivity index (χ1v) is 6.83. The number of benzene rings is 1. The molecule has 0 aromatic heterocycles. The summed E-state index contributed by atoms with van der Waals surface area (Å²) in [7, 11) is 1.82. The van der Waals surface area contributed by atoms with E-state index in [9.17, 15) is 9.90 Å². The Kier molecular flexibility index (Phi) is 2.87. The van der Waals surface area contributed by atoms with Gasteiger partial charge >= 0.3 is 0 Å². The molecule has 1 fully saturated rings. The van der Waals surface area contributed by atoms with E-state index in [4.69, 9.17) is 5.73 Å². The summed E-state index contributed by atoms with van der Waals surface area (Å²) in [6.07, 6.45) is 3.35. The van der Waals surface area contributed by atoms with Gasteiger partial charge in [0, 0.05) is 30.6 Å². The summed E-state index contributed by atoms with van der Waals surface area (Å²) in [5.41, 5.74) is 9.44. The Balaban J connectivity index is 1.92. The smallest absolute Gasteiger partial charge is 0.227 e. The molecule has 3 rings (SSSR count). The summed E-state index contributed by atoms with van der Waals surface area (Å²) in [4.78, 5) is 13.4. The second-order valence-electron chi connectivity index (χ2n) is 5.84. The van der Waals surface area contributed by atoms with E-state index in [1.807, 2.05) is 19.2 Å². The van der Waals surface area contributed by atoms with Crippen molar-refractivity contribution in [1.29, 1.82) is 0 Å². The van der Waals surface area contributed by atoms with Crippen molar-refractivity contribution in [3.05, 3.63) is 29.3 Å². The molecule has 1 aromatic rings. The molecule has 1 atom stereocenters. The molecule has 0 radical (unpaired) electrons. The second-order valence-corrected chi connectivity index (χ2v) is 5.84. The van der Waals surface area contributed by atoms with Gasteiger partial charge in [0.15, 0.2) is 0 Å². The van der Waals surface area contributed by atoms with Crippen LogP contribution in [0, 0.1) is 5.41 Å². The van der Waals surface area contributed by atoms with E-state index >= 15 is 0 Å². The molecule has 0 bridgehead atoms. The van der Waals surface area contributed by atoms with Crippen molar-refractivity contribution >= 4 is 11.6 Å². The van der Waals surface area contributed by atoms with Crippen LogP contribution in [-0.4, -0.2) is 24.7 Å². The summed E-state index contributed by atoms with van der Waals surface area (Å²) in [6.45, 7) is 0.156. The summed E-state index contributed by atoms with van der Waals surface area (Å²) >= 11 is 0. The lowest BCUT2D eigenvalue weighted by Crippen LogP contribution is -2.31. The third-order valence-electron chi connectivity index (χ3n) is 4.67. The van der Waals surface area contributed by atoms with Crippen LogP contribution in [0.5, 0.6) is 0 Å². The first kappa shape index (κ1) is 12.6. The quantitative estimate of drug-likeness (QED) is 0.862. The van der Waals surface area contributed by atoms with Gasteiger partial charge in [0.25, 0.3) is 0 Å². The molecule has 1 aliphatic heterocycles. The largest absolute Gasteiger partial charge is 0.396 e. The number of hydrogen-bond donors (Lipinski definition) is 2. The molecule has 1 amide bonds. The minimum Gasteiger partial charge on any atom is -0.396 e. The lowest BCUT2D eigenvalue weighted by molar-refractivity contribution is -0.118. The van der Waals surface area contributed by atoms with E-state index < -0.39 is 0 Å². The summed E-state index contributed by atoms with van der Waals surface area (Å²) in [5.74, 6) is 0.165. The number of carbonyl (C=O) groups is 1. The molecule has 1 aliphatic carbocycles. The Morgan fingerprint density at radius 3 is 2.79 bits per heavy atom. The van der Waals surface area contributed by atoms with Gasteiger partial charge < -0.3 is 15.7 Å². The molecule has 0 saturated heterocycles. The van der Waals surface area contributed by atoms with E-state index in [0.717, 1.165) is 30.5 Å². The molecule has 1 heterocycles.